The lowest BCUT2D eigenvalue weighted by Gasteiger charge is -2.32. The lowest BCUT2D eigenvalue weighted by molar-refractivity contribution is 0.371. The van der Waals surface area contributed by atoms with Gasteiger partial charge in [0.2, 0.25) is 0 Å². The second-order valence-electron chi connectivity index (χ2n) is 8.67. The van der Waals surface area contributed by atoms with Crippen LogP contribution in [0.1, 0.15) is 42.4 Å². The number of hydrogen-bond acceptors (Lipinski definition) is 6. The zero-order chi connectivity index (χ0) is 22.4. The summed E-state index contributed by atoms with van der Waals surface area (Å²) in [4.78, 5) is 28.9. The molecule has 0 saturated carbocycles. The van der Waals surface area contributed by atoms with E-state index in [4.69, 9.17) is 9.47 Å². The van der Waals surface area contributed by atoms with Gasteiger partial charge in [-0.15, -0.1) is 0 Å². The number of rotatable bonds is 6. The average molecular weight is 456 g/mol. The predicted octanol–water partition coefficient (Wildman–Crippen LogP) is 3.04. The normalized spacial score (nSPS) is 22.0. The second kappa shape index (κ2) is 8.41. The zero-order valence-electron chi connectivity index (χ0n) is 18.7. The summed E-state index contributed by atoms with van der Waals surface area (Å²) in [5.74, 6) is 1.91. The highest BCUT2D eigenvalue weighted by Gasteiger charge is 2.40. The molecule has 2 N–H and O–H groups in total. The van der Waals surface area contributed by atoms with Crippen molar-refractivity contribution in [3.8, 4) is 10.8 Å². The second-order valence-corrected chi connectivity index (χ2v) is 9.66. The number of benzene rings is 1. The largest absolute Gasteiger partial charge is 0.496 e. The fourth-order valence-corrected chi connectivity index (χ4v) is 6.79. The summed E-state index contributed by atoms with van der Waals surface area (Å²) < 4.78 is 13.0. The summed E-state index contributed by atoms with van der Waals surface area (Å²) in [5.41, 5.74) is 3.59. The van der Waals surface area contributed by atoms with Crippen molar-refractivity contribution in [1.82, 2.24) is 14.9 Å². The van der Waals surface area contributed by atoms with E-state index in [-0.39, 0.29) is 17.3 Å². The van der Waals surface area contributed by atoms with Gasteiger partial charge in [-0.3, -0.25) is 9.36 Å². The number of hydrogen-bond donors (Lipinski definition) is 2. The minimum atomic E-state index is -0.349. The van der Waals surface area contributed by atoms with Crippen molar-refractivity contribution < 1.29 is 9.47 Å². The standard InChI is InChI=1S/C24H29N3O4S/c1-4-14-20-21(32-23(14)31-3)22(28)27(24(29)26-20)11-10-17-19-13(12-25-17)8-9-15-16(19)6-5-7-18(15)30-2/h5-7,13,17,19,25H,4,8-12H2,1-3H3,(H,26,29)/t13-,17?,19+/m0/s1. The summed E-state index contributed by atoms with van der Waals surface area (Å²) in [7, 11) is 3.32. The minimum Gasteiger partial charge on any atom is -0.496 e. The number of nitrogens with one attached hydrogen (secondary N) is 2. The monoisotopic (exact) mass is 455 g/mol. The van der Waals surface area contributed by atoms with Crippen LogP contribution >= 0.6 is 11.3 Å². The Hall–Kier alpha value is -2.58. The molecule has 2 aliphatic rings. The Morgan fingerprint density at radius 1 is 1.22 bits per heavy atom. The number of ether oxygens (including phenoxy) is 2. The van der Waals surface area contributed by atoms with Crippen LogP contribution in [0.15, 0.2) is 27.8 Å². The van der Waals surface area contributed by atoms with Crippen molar-refractivity contribution in [2.45, 2.75) is 51.1 Å². The molecule has 2 aromatic heterocycles. The van der Waals surface area contributed by atoms with Crippen LogP contribution in [0.4, 0.5) is 0 Å². The maximum atomic E-state index is 13.2. The van der Waals surface area contributed by atoms with Crippen LogP contribution in [0.5, 0.6) is 10.8 Å². The van der Waals surface area contributed by atoms with E-state index < -0.39 is 0 Å². The van der Waals surface area contributed by atoms with Gasteiger partial charge in [0.25, 0.3) is 5.56 Å². The quantitative estimate of drug-likeness (QED) is 0.597. The molecule has 0 bridgehead atoms. The Balaban J connectivity index is 1.45. The van der Waals surface area contributed by atoms with Gasteiger partial charge in [0.05, 0.1) is 19.7 Å². The highest BCUT2D eigenvalue weighted by Crippen LogP contribution is 2.45. The third-order valence-corrected chi connectivity index (χ3v) is 8.37. The third-order valence-electron chi connectivity index (χ3n) is 7.19. The number of fused-ring (bicyclic) bond motifs is 4. The zero-order valence-corrected chi connectivity index (χ0v) is 19.5. The van der Waals surface area contributed by atoms with Crippen molar-refractivity contribution in [1.29, 1.82) is 0 Å². The molecule has 8 heteroatoms. The number of nitrogens with zero attached hydrogens (tertiary/aromatic N) is 1. The Kier molecular flexibility index (Phi) is 5.59. The van der Waals surface area contributed by atoms with Crippen LogP contribution in [0.3, 0.4) is 0 Å². The molecule has 1 aliphatic heterocycles. The molecule has 0 amide bonds. The summed E-state index contributed by atoms with van der Waals surface area (Å²) in [6.45, 7) is 3.34. The molecule has 0 radical (unpaired) electrons. The number of thiophene rings is 1. The summed E-state index contributed by atoms with van der Waals surface area (Å²) in [6, 6.07) is 6.53. The van der Waals surface area contributed by atoms with Gasteiger partial charge in [-0.1, -0.05) is 30.4 Å². The average Bonchev–Trinajstić information content (AvgIpc) is 3.39. The van der Waals surface area contributed by atoms with Crippen molar-refractivity contribution in [3.05, 3.63) is 55.7 Å². The molecule has 32 heavy (non-hydrogen) atoms. The van der Waals surface area contributed by atoms with Crippen LogP contribution in [0.25, 0.3) is 10.2 Å². The number of H-pyrrole nitrogens is 1. The molecule has 7 nitrogen and oxygen atoms in total. The molecule has 3 atom stereocenters. The maximum Gasteiger partial charge on any atom is 0.328 e. The summed E-state index contributed by atoms with van der Waals surface area (Å²) in [6.07, 6.45) is 3.57. The Bertz CT molecular complexity index is 1270. The smallest absolute Gasteiger partial charge is 0.328 e. The lowest BCUT2D eigenvalue weighted by atomic mass is 9.73. The summed E-state index contributed by atoms with van der Waals surface area (Å²) in [5, 5.41) is 4.36. The van der Waals surface area contributed by atoms with Crippen LogP contribution in [-0.4, -0.2) is 36.4 Å². The predicted molar refractivity (Wildman–Crippen MR) is 127 cm³/mol. The third kappa shape index (κ3) is 3.28. The van der Waals surface area contributed by atoms with E-state index in [0.717, 1.165) is 37.1 Å². The van der Waals surface area contributed by atoms with Gasteiger partial charge >= 0.3 is 5.69 Å². The van der Waals surface area contributed by atoms with Crippen LogP contribution in [0.2, 0.25) is 0 Å². The van der Waals surface area contributed by atoms with Gasteiger partial charge in [-0.25, -0.2) is 4.79 Å². The first kappa shape index (κ1) is 21.3. The van der Waals surface area contributed by atoms with E-state index >= 15 is 0 Å². The van der Waals surface area contributed by atoms with Crippen LogP contribution in [-0.2, 0) is 19.4 Å². The fourth-order valence-electron chi connectivity index (χ4n) is 5.68. The molecule has 5 rings (SSSR count). The Morgan fingerprint density at radius 2 is 2.06 bits per heavy atom. The number of aryl methyl sites for hydroxylation is 1. The molecular weight excluding hydrogens is 426 g/mol. The van der Waals surface area contributed by atoms with Gasteiger partial charge in [-0.05, 0) is 55.3 Å². The highest BCUT2D eigenvalue weighted by atomic mass is 32.1. The van der Waals surface area contributed by atoms with E-state index in [1.807, 2.05) is 13.0 Å². The topological polar surface area (TPSA) is 85.3 Å². The first-order valence-electron chi connectivity index (χ1n) is 11.3. The van der Waals surface area contributed by atoms with Crippen LogP contribution < -0.4 is 26.0 Å². The van der Waals surface area contributed by atoms with Gasteiger partial charge in [0.1, 0.15) is 10.4 Å². The molecule has 170 valence electrons. The molecule has 1 aliphatic carbocycles. The minimum absolute atomic E-state index is 0.220. The fraction of sp³-hybridized carbons (Fsp3) is 0.500. The summed E-state index contributed by atoms with van der Waals surface area (Å²) >= 11 is 1.31. The van der Waals surface area contributed by atoms with Gasteiger partial charge in [-0.2, -0.15) is 0 Å². The van der Waals surface area contributed by atoms with Gasteiger partial charge in [0.15, 0.2) is 5.06 Å². The Labute approximate surface area is 190 Å². The van der Waals surface area contributed by atoms with Crippen LogP contribution in [0, 0.1) is 5.92 Å². The van der Waals surface area contributed by atoms with Gasteiger partial charge < -0.3 is 19.8 Å². The van der Waals surface area contributed by atoms with Crippen molar-refractivity contribution in [2.75, 3.05) is 20.8 Å². The van der Waals surface area contributed by atoms with E-state index in [1.54, 1.807) is 14.2 Å². The van der Waals surface area contributed by atoms with E-state index in [2.05, 4.69) is 22.4 Å². The molecule has 0 spiro atoms. The number of aromatic nitrogens is 2. The SMILES string of the molecule is CCc1c(OC)sc2c(=O)n(CCC3NC[C@@H]4CCc5c(OC)cccc5[C@H]34)c(=O)[nH]c12. The first-order chi connectivity index (χ1) is 15.6. The Morgan fingerprint density at radius 3 is 2.81 bits per heavy atom. The molecule has 1 saturated heterocycles. The van der Waals surface area contributed by atoms with E-state index in [0.29, 0.717) is 40.1 Å². The number of methoxy groups -OCH3 is 2. The molecule has 1 unspecified atom stereocenters. The first-order valence-corrected chi connectivity index (χ1v) is 12.1. The van der Waals surface area contributed by atoms with Crippen molar-refractivity contribution in [3.63, 3.8) is 0 Å². The van der Waals surface area contributed by atoms with E-state index in [1.165, 1.54) is 27.0 Å². The van der Waals surface area contributed by atoms with Gasteiger partial charge in [0, 0.05) is 24.1 Å². The molecule has 3 aromatic rings. The molecular formula is C24H29N3O4S. The van der Waals surface area contributed by atoms with Crippen molar-refractivity contribution >= 4 is 21.6 Å². The highest BCUT2D eigenvalue weighted by molar-refractivity contribution is 7.20. The van der Waals surface area contributed by atoms with Crippen molar-refractivity contribution in [2.24, 2.45) is 5.92 Å². The van der Waals surface area contributed by atoms with E-state index in [9.17, 15) is 9.59 Å². The number of aromatic amines is 1. The maximum absolute atomic E-state index is 13.2. The lowest BCUT2D eigenvalue weighted by Crippen LogP contribution is -2.37. The molecule has 1 aromatic carbocycles. The molecule has 1 fully saturated rings. The molecule has 3 heterocycles.